The predicted octanol–water partition coefficient (Wildman–Crippen LogP) is 3.67. The molecule has 0 aliphatic rings. The maximum absolute atomic E-state index is 8.67. The molecule has 0 saturated carbocycles. The number of hydrogen-bond donors (Lipinski definition) is 0. The smallest absolute Gasteiger partial charge is 0.192 e. The van der Waals surface area contributed by atoms with Crippen molar-refractivity contribution >= 4 is 8.32 Å². The monoisotopic (exact) mass is 237 g/mol. The fourth-order valence-electron chi connectivity index (χ4n) is 0.983. The average molecular weight is 237 g/mol. The van der Waals surface area contributed by atoms with E-state index in [0.29, 0.717) is 12.2 Å². The molecule has 4 heteroatoms. The maximum Gasteiger partial charge on any atom is 0.192 e. The van der Waals surface area contributed by atoms with Gasteiger partial charge in [-0.05, 0) is 24.2 Å². The lowest BCUT2D eigenvalue weighted by Crippen LogP contribution is -2.40. The Balaban J connectivity index is 2.62. The molecule has 0 fully saturated rings. The van der Waals surface area contributed by atoms with E-state index in [2.05, 4.69) is 33.9 Å². The van der Waals surface area contributed by atoms with Gasteiger partial charge in [0, 0.05) is 0 Å². The van der Waals surface area contributed by atoms with Gasteiger partial charge in [0.1, 0.15) is 18.1 Å². The highest BCUT2D eigenvalue weighted by molar-refractivity contribution is 6.74. The molecule has 0 spiro atoms. The minimum atomic E-state index is -1.73. The minimum Gasteiger partial charge on any atom is -0.466 e. The standard InChI is InChI=1S/C12H19NO2Si/c1-12(2,3)16(4,5)15-9-11-6-10(7-13)8-14-11/h6,8H,9H2,1-5H3. The van der Waals surface area contributed by atoms with Gasteiger partial charge in [0.2, 0.25) is 0 Å². The van der Waals surface area contributed by atoms with Gasteiger partial charge in [0.25, 0.3) is 0 Å². The summed E-state index contributed by atoms with van der Waals surface area (Å²) in [6, 6.07) is 3.77. The Bertz CT molecular complexity index is 396. The molecular formula is C12H19NO2Si. The molecule has 0 aliphatic carbocycles. The van der Waals surface area contributed by atoms with E-state index in [1.165, 1.54) is 6.26 Å². The van der Waals surface area contributed by atoms with E-state index >= 15 is 0 Å². The van der Waals surface area contributed by atoms with Crippen molar-refractivity contribution in [2.75, 3.05) is 0 Å². The van der Waals surface area contributed by atoms with Gasteiger partial charge in [-0.15, -0.1) is 0 Å². The van der Waals surface area contributed by atoms with Gasteiger partial charge in [-0.25, -0.2) is 0 Å². The molecule has 1 rings (SSSR count). The Morgan fingerprint density at radius 2 is 2.06 bits per heavy atom. The van der Waals surface area contributed by atoms with E-state index in [1.54, 1.807) is 6.07 Å². The van der Waals surface area contributed by atoms with Crippen LogP contribution in [-0.4, -0.2) is 8.32 Å². The summed E-state index contributed by atoms with van der Waals surface area (Å²) in [5, 5.41) is 8.86. The number of furan rings is 1. The second-order valence-corrected chi connectivity index (χ2v) is 10.3. The average Bonchev–Trinajstić information content (AvgIpc) is 2.60. The zero-order valence-corrected chi connectivity index (χ0v) is 11.6. The first-order valence-corrected chi connectivity index (χ1v) is 8.28. The molecule has 0 aliphatic heterocycles. The molecular weight excluding hydrogens is 218 g/mol. The van der Waals surface area contributed by atoms with Crippen LogP contribution in [-0.2, 0) is 11.0 Å². The molecule has 0 unspecified atom stereocenters. The zero-order valence-electron chi connectivity index (χ0n) is 10.6. The van der Waals surface area contributed by atoms with E-state index in [4.69, 9.17) is 14.1 Å². The molecule has 3 nitrogen and oxygen atoms in total. The molecule has 0 bridgehead atoms. The Labute approximate surface area is 98.2 Å². The fraction of sp³-hybridized carbons (Fsp3) is 0.583. The molecule has 0 N–H and O–H groups in total. The van der Waals surface area contributed by atoms with Gasteiger partial charge < -0.3 is 8.84 Å². The first kappa shape index (κ1) is 13.0. The topological polar surface area (TPSA) is 46.2 Å². The SMILES string of the molecule is CC(C)(C)[Si](C)(C)OCc1cc(C#N)co1. The molecule has 0 amide bonds. The summed E-state index contributed by atoms with van der Waals surface area (Å²) >= 11 is 0. The number of nitriles is 1. The van der Waals surface area contributed by atoms with Crippen LogP contribution in [0.3, 0.4) is 0 Å². The second-order valence-electron chi connectivity index (χ2n) is 5.46. The second kappa shape index (κ2) is 4.44. The summed E-state index contributed by atoms with van der Waals surface area (Å²) in [6.07, 6.45) is 1.46. The van der Waals surface area contributed by atoms with Crippen LogP contribution < -0.4 is 0 Å². The molecule has 16 heavy (non-hydrogen) atoms. The largest absolute Gasteiger partial charge is 0.466 e. The van der Waals surface area contributed by atoms with Crippen LogP contribution in [0.5, 0.6) is 0 Å². The van der Waals surface area contributed by atoms with E-state index in [-0.39, 0.29) is 5.04 Å². The lowest BCUT2D eigenvalue weighted by molar-refractivity contribution is 0.246. The Morgan fingerprint density at radius 1 is 1.44 bits per heavy atom. The van der Waals surface area contributed by atoms with E-state index in [0.717, 1.165) is 5.76 Å². The third-order valence-corrected chi connectivity index (χ3v) is 7.64. The lowest BCUT2D eigenvalue weighted by Gasteiger charge is -2.35. The zero-order chi connectivity index (χ0) is 12.4. The van der Waals surface area contributed by atoms with Crippen molar-refractivity contribution in [1.29, 1.82) is 5.26 Å². The van der Waals surface area contributed by atoms with Gasteiger partial charge in [-0.3, -0.25) is 0 Å². The first-order valence-electron chi connectivity index (χ1n) is 5.38. The van der Waals surface area contributed by atoms with Gasteiger partial charge in [0.15, 0.2) is 8.32 Å². The maximum atomic E-state index is 8.67. The quantitative estimate of drug-likeness (QED) is 0.753. The van der Waals surface area contributed by atoms with Gasteiger partial charge in [-0.2, -0.15) is 5.26 Å². The van der Waals surface area contributed by atoms with Crippen molar-refractivity contribution in [3.05, 3.63) is 23.7 Å². The Morgan fingerprint density at radius 3 is 2.50 bits per heavy atom. The van der Waals surface area contributed by atoms with E-state index in [9.17, 15) is 0 Å². The normalized spacial score (nSPS) is 12.5. The van der Waals surface area contributed by atoms with Crippen LogP contribution >= 0.6 is 0 Å². The molecule has 1 aromatic heterocycles. The van der Waals surface area contributed by atoms with Crippen molar-refractivity contribution < 1.29 is 8.84 Å². The van der Waals surface area contributed by atoms with E-state index in [1.807, 2.05) is 6.07 Å². The van der Waals surface area contributed by atoms with Crippen molar-refractivity contribution in [1.82, 2.24) is 0 Å². The predicted molar refractivity (Wildman–Crippen MR) is 65.4 cm³/mol. The molecule has 0 radical (unpaired) electrons. The minimum absolute atomic E-state index is 0.192. The summed E-state index contributed by atoms with van der Waals surface area (Å²) in [4.78, 5) is 0. The highest BCUT2D eigenvalue weighted by Crippen LogP contribution is 2.37. The van der Waals surface area contributed by atoms with Crippen LogP contribution in [0.15, 0.2) is 16.7 Å². The van der Waals surface area contributed by atoms with Gasteiger partial charge in [-0.1, -0.05) is 20.8 Å². The van der Waals surface area contributed by atoms with Crippen molar-refractivity contribution in [3.63, 3.8) is 0 Å². The Hall–Kier alpha value is -1.05. The third-order valence-electron chi connectivity index (χ3n) is 3.16. The van der Waals surface area contributed by atoms with Crippen LogP contribution in [0, 0.1) is 11.3 Å². The summed E-state index contributed by atoms with van der Waals surface area (Å²) in [7, 11) is -1.73. The lowest BCUT2D eigenvalue weighted by atomic mass is 10.2. The number of rotatable bonds is 3. The molecule has 1 aromatic rings. The molecule has 1 heterocycles. The molecule has 0 saturated heterocycles. The van der Waals surface area contributed by atoms with Crippen LogP contribution in [0.1, 0.15) is 32.1 Å². The van der Waals surface area contributed by atoms with Crippen molar-refractivity contribution in [2.24, 2.45) is 0 Å². The van der Waals surface area contributed by atoms with Crippen molar-refractivity contribution in [2.45, 2.75) is 45.5 Å². The molecule has 0 aromatic carbocycles. The molecule has 0 atom stereocenters. The highest BCUT2D eigenvalue weighted by atomic mass is 28.4. The summed E-state index contributed by atoms with van der Waals surface area (Å²) < 4.78 is 11.2. The highest BCUT2D eigenvalue weighted by Gasteiger charge is 2.37. The van der Waals surface area contributed by atoms with Crippen LogP contribution in [0.2, 0.25) is 18.1 Å². The van der Waals surface area contributed by atoms with Crippen LogP contribution in [0.4, 0.5) is 0 Å². The van der Waals surface area contributed by atoms with Crippen LogP contribution in [0.25, 0.3) is 0 Å². The van der Waals surface area contributed by atoms with Crippen molar-refractivity contribution in [3.8, 4) is 6.07 Å². The third kappa shape index (κ3) is 2.97. The summed E-state index contributed by atoms with van der Waals surface area (Å²) in [6.45, 7) is 11.4. The van der Waals surface area contributed by atoms with Gasteiger partial charge >= 0.3 is 0 Å². The molecule has 88 valence electrons. The first-order chi connectivity index (χ1) is 7.26. The number of hydrogen-bond acceptors (Lipinski definition) is 3. The van der Waals surface area contributed by atoms with E-state index < -0.39 is 8.32 Å². The summed E-state index contributed by atoms with van der Waals surface area (Å²) in [5.41, 5.74) is 0.550. The summed E-state index contributed by atoms with van der Waals surface area (Å²) in [5.74, 6) is 0.723. The Kier molecular flexibility index (Phi) is 3.61. The number of nitrogens with zero attached hydrogens (tertiary/aromatic N) is 1. The fourth-order valence-corrected chi connectivity index (χ4v) is 1.92. The van der Waals surface area contributed by atoms with Gasteiger partial charge in [0.05, 0.1) is 12.2 Å².